The van der Waals surface area contributed by atoms with E-state index in [9.17, 15) is 40.5 Å². The number of fused-ring (bicyclic) bond motifs is 7. The molecule has 2 heterocycles. The zero-order chi connectivity index (χ0) is 38.7. The lowest BCUT2D eigenvalue weighted by molar-refractivity contribution is -0.365. The van der Waals surface area contributed by atoms with Gasteiger partial charge < -0.3 is 54.7 Å². The molecule has 12 nitrogen and oxygen atoms in total. The van der Waals surface area contributed by atoms with Crippen LogP contribution in [0.25, 0.3) is 0 Å². The highest BCUT2D eigenvalue weighted by Gasteiger charge is 2.70. The summed E-state index contributed by atoms with van der Waals surface area (Å²) in [7, 11) is 0. The van der Waals surface area contributed by atoms with Crippen molar-refractivity contribution in [1.82, 2.24) is 0 Å². The van der Waals surface area contributed by atoms with E-state index in [-0.39, 0.29) is 46.7 Å². The van der Waals surface area contributed by atoms with E-state index in [1.807, 2.05) is 0 Å². The third-order valence-corrected chi connectivity index (χ3v) is 17.0. The molecule has 12 heteroatoms. The molecule has 53 heavy (non-hydrogen) atoms. The maximum absolute atomic E-state index is 13.0. The fourth-order valence-electron chi connectivity index (χ4n) is 13.3. The Morgan fingerprint density at radius 3 is 2.21 bits per heavy atom. The van der Waals surface area contributed by atoms with Crippen molar-refractivity contribution in [3.05, 3.63) is 11.6 Å². The van der Waals surface area contributed by atoms with Crippen LogP contribution in [0.3, 0.4) is 0 Å². The first-order valence-electron chi connectivity index (χ1n) is 20.2. The van der Waals surface area contributed by atoms with Gasteiger partial charge >= 0.3 is 5.97 Å². The second-order valence-electron chi connectivity index (χ2n) is 20.0. The Bertz CT molecular complexity index is 1440. The summed E-state index contributed by atoms with van der Waals surface area (Å²) in [6.45, 7) is 15.1. The van der Waals surface area contributed by atoms with Crippen molar-refractivity contribution >= 4 is 5.97 Å². The summed E-state index contributed by atoms with van der Waals surface area (Å²) in [6.07, 6.45) is -1.79. The van der Waals surface area contributed by atoms with Gasteiger partial charge in [0.2, 0.25) is 0 Å². The Balaban J connectivity index is 1.15. The maximum Gasteiger partial charge on any atom is 0.310 e. The molecule has 7 aliphatic rings. The zero-order valence-corrected chi connectivity index (χ0v) is 32.7. The van der Waals surface area contributed by atoms with Crippen molar-refractivity contribution < 1.29 is 59.5 Å². The fraction of sp³-hybridized carbons (Fsp3) is 0.927. The minimum atomic E-state index is -1.62. The van der Waals surface area contributed by atoms with E-state index in [2.05, 4.69) is 47.6 Å². The number of hydrogen-bond donors (Lipinski definition) is 7. The minimum absolute atomic E-state index is 0.0360. The van der Waals surface area contributed by atoms with Crippen molar-refractivity contribution in [3.8, 4) is 0 Å². The molecular formula is C41H66O12. The predicted molar refractivity (Wildman–Crippen MR) is 192 cm³/mol. The SMILES string of the molecule is CC1OC(OC2C(OC3CC[C@@]4(C)[C@H](CC[C@]5(C)[C@H]4CC=C4[C@H]6CC(C)(C)CC[C@]6(C(=O)O)CC[C@]45C)[C@]3(C)CO)OCC(O)C2O)C(O)C(O)C1O. The molecule has 7 N–H and O–H groups in total. The van der Waals surface area contributed by atoms with Gasteiger partial charge in [0.05, 0.1) is 30.8 Å². The average Bonchev–Trinajstić information content (AvgIpc) is 3.10. The molecule has 0 aromatic heterocycles. The third-order valence-electron chi connectivity index (χ3n) is 17.0. The largest absolute Gasteiger partial charge is 0.481 e. The number of aliphatic hydroxyl groups excluding tert-OH is 6. The van der Waals surface area contributed by atoms with Crippen molar-refractivity contribution in [3.63, 3.8) is 0 Å². The first kappa shape index (κ1) is 40.0. The van der Waals surface area contributed by atoms with Crippen LogP contribution in [0.2, 0.25) is 0 Å². The lowest BCUT2D eigenvalue weighted by Crippen LogP contribution is -2.67. The Morgan fingerprint density at radius 1 is 0.830 bits per heavy atom. The van der Waals surface area contributed by atoms with E-state index < -0.39 is 78.2 Å². The Kier molecular flexibility index (Phi) is 10.2. The van der Waals surface area contributed by atoms with E-state index in [4.69, 9.17) is 18.9 Å². The second kappa shape index (κ2) is 13.5. The molecule has 2 aliphatic heterocycles. The van der Waals surface area contributed by atoms with Crippen molar-refractivity contribution in [2.24, 2.45) is 50.2 Å². The van der Waals surface area contributed by atoms with E-state index in [1.165, 1.54) is 12.5 Å². The quantitative estimate of drug-likeness (QED) is 0.155. The molecule has 0 radical (unpaired) electrons. The summed E-state index contributed by atoms with van der Waals surface area (Å²) in [5.74, 6) is -0.194. The van der Waals surface area contributed by atoms with Crippen LogP contribution in [0.1, 0.15) is 113 Å². The van der Waals surface area contributed by atoms with Crippen LogP contribution in [-0.4, -0.2) is 116 Å². The van der Waals surface area contributed by atoms with Gasteiger partial charge in [0.15, 0.2) is 12.6 Å². The monoisotopic (exact) mass is 750 g/mol. The van der Waals surface area contributed by atoms with Gasteiger partial charge in [-0.1, -0.05) is 53.2 Å². The second-order valence-corrected chi connectivity index (χ2v) is 20.0. The molecule has 0 aromatic carbocycles. The normalized spacial score (nSPS) is 55.1. The number of carboxylic acids is 1. The summed E-state index contributed by atoms with van der Waals surface area (Å²) in [5, 5.41) is 74.9. The van der Waals surface area contributed by atoms with Gasteiger partial charge in [-0.05, 0) is 111 Å². The van der Waals surface area contributed by atoms with Gasteiger partial charge in [0.1, 0.15) is 36.6 Å². The van der Waals surface area contributed by atoms with Crippen LogP contribution < -0.4 is 0 Å². The molecular weight excluding hydrogens is 684 g/mol. The zero-order valence-electron chi connectivity index (χ0n) is 32.7. The maximum atomic E-state index is 13.0. The topological polar surface area (TPSA) is 196 Å². The summed E-state index contributed by atoms with van der Waals surface area (Å²) in [6, 6.07) is 0. The van der Waals surface area contributed by atoms with Gasteiger partial charge in [-0.25, -0.2) is 0 Å². The molecule has 6 fully saturated rings. The van der Waals surface area contributed by atoms with Crippen molar-refractivity contribution in [1.29, 1.82) is 0 Å². The van der Waals surface area contributed by atoms with Crippen LogP contribution in [0, 0.1) is 50.2 Å². The average molecular weight is 751 g/mol. The van der Waals surface area contributed by atoms with Gasteiger partial charge in [0, 0.05) is 5.41 Å². The Labute approximate surface area is 314 Å². The standard InChI is InChI=1S/C41H66O12/c1-21-28(44)30(46)31(47)33(51-21)53-32-29(45)24(43)19-50-34(32)52-27-11-12-37(4)25(38(27,5)20-42)10-13-40(7)26(37)9-8-22-23-18-36(2,3)14-16-41(23,35(48)49)17-15-39(22,40)6/h8,21,23-34,42-47H,9-20H2,1-7H3,(H,48,49)/t21?,23-,24?,25+,26+,27?,28?,29?,30?,31?,32?,33?,34?,37+,38+,39-,40-,41+/m1/s1. The number of aliphatic hydroxyl groups is 6. The van der Waals surface area contributed by atoms with E-state index in [1.54, 1.807) is 0 Å². The number of aliphatic carboxylic acids is 1. The van der Waals surface area contributed by atoms with Gasteiger partial charge in [-0.3, -0.25) is 4.79 Å². The lowest BCUT2D eigenvalue weighted by Gasteiger charge is -2.71. The molecule has 5 aliphatic carbocycles. The summed E-state index contributed by atoms with van der Waals surface area (Å²) in [4.78, 5) is 13.0. The highest BCUT2D eigenvalue weighted by Crippen LogP contribution is 2.76. The predicted octanol–water partition coefficient (Wildman–Crippen LogP) is 3.52. The molecule has 302 valence electrons. The molecule has 0 spiro atoms. The van der Waals surface area contributed by atoms with Crippen LogP contribution in [0.15, 0.2) is 11.6 Å². The summed E-state index contributed by atoms with van der Waals surface area (Å²) < 4.78 is 24.3. The van der Waals surface area contributed by atoms with E-state index in [0.29, 0.717) is 18.8 Å². The number of ether oxygens (including phenoxy) is 4. The lowest BCUT2D eigenvalue weighted by atomic mass is 9.33. The molecule has 2 saturated heterocycles. The number of rotatable bonds is 6. The molecule has 4 saturated carbocycles. The highest BCUT2D eigenvalue weighted by atomic mass is 16.8. The van der Waals surface area contributed by atoms with Crippen molar-refractivity contribution in [2.75, 3.05) is 13.2 Å². The van der Waals surface area contributed by atoms with Crippen LogP contribution >= 0.6 is 0 Å². The Morgan fingerprint density at radius 2 is 1.53 bits per heavy atom. The van der Waals surface area contributed by atoms with Gasteiger partial charge in [0.25, 0.3) is 0 Å². The number of hydrogen-bond acceptors (Lipinski definition) is 11. The van der Waals surface area contributed by atoms with Crippen LogP contribution in [-0.2, 0) is 23.7 Å². The van der Waals surface area contributed by atoms with Gasteiger partial charge in [-0.2, -0.15) is 0 Å². The highest BCUT2D eigenvalue weighted by molar-refractivity contribution is 5.76. The molecule has 7 rings (SSSR count). The number of carboxylic acid groups (broad SMARTS) is 1. The third kappa shape index (κ3) is 5.85. The molecule has 18 atom stereocenters. The molecule has 10 unspecified atom stereocenters. The Hall–Kier alpha value is -1.19. The van der Waals surface area contributed by atoms with Gasteiger partial charge in [-0.15, -0.1) is 0 Å². The molecule has 0 amide bonds. The number of allylic oxidation sites excluding steroid dienone is 2. The van der Waals surface area contributed by atoms with Crippen LogP contribution in [0.4, 0.5) is 0 Å². The smallest absolute Gasteiger partial charge is 0.310 e. The minimum Gasteiger partial charge on any atom is -0.481 e. The first-order valence-corrected chi connectivity index (χ1v) is 20.2. The summed E-state index contributed by atoms with van der Waals surface area (Å²) in [5.41, 5.74) is -0.239. The molecule has 0 bridgehead atoms. The molecule has 0 aromatic rings. The van der Waals surface area contributed by atoms with Crippen molar-refractivity contribution in [2.45, 2.75) is 174 Å². The first-order chi connectivity index (χ1) is 24.7. The van der Waals surface area contributed by atoms with E-state index in [0.717, 1.165) is 51.4 Å². The van der Waals surface area contributed by atoms with E-state index >= 15 is 0 Å². The van der Waals surface area contributed by atoms with Crippen LogP contribution in [0.5, 0.6) is 0 Å². The number of carbonyl (C=O) groups is 1. The summed E-state index contributed by atoms with van der Waals surface area (Å²) >= 11 is 0. The fourth-order valence-corrected chi connectivity index (χ4v) is 13.3.